The maximum atomic E-state index is 4.35. The van der Waals surface area contributed by atoms with Crippen LogP contribution in [0, 0.1) is 5.92 Å². The standard InChI is InChI=1S/C12H24N4/c1-5-11(13-6-2)7-12-14-9-15-16(12)8-10(3)4/h9-11,13H,5-8H2,1-4H3. The molecule has 0 aromatic carbocycles. The van der Waals surface area contributed by atoms with E-state index in [4.69, 9.17) is 0 Å². The summed E-state index contributed by atoms with van der Waals surface area (Å²) in [7, 11) is 0. The normalized spacial score (nSPS) is 13.3. The molecule has 0 fully saturated rings. The summed E-state index contributed by atoms with van der Waals surface area (Å²) in [5.74, 6) is 1.71. The Hall–Kier alpha value is -0.900. The number of nitrogens with zero attached hydrogens (tertiary/aromatic N) is 3. The lowest BCUT2D eigenvalue weighted by Gasteiger charge is -2.16. The highest BCUT2D eigenvalue weighted by Gasteiger charge is 2.11. The molecule has 1 aromatic heterocycles. The zero-order chi connectivity index (χ0) is 12.0. The first-order valence-corrected chi connectivity index (χ1v) is 6.27. The van der Waals surface area contributed by atoms with Gasteiger partial charge in [0.15, 0.2) is 0 Å². The molecule has 0 aliphatic heterocycles. The van der Waals surface area contributed by atoms with Crippen LogP contribution in [0.4, 0.5) is 0 Å². The van der Waals surface area contributed by atoms with Gasteiger partial charge in [0.2, 0.25) is 0 Å². The molecule has 1 rings (SSSR count). The zero-order valence-electron chi connectivity index (χ0n) is 10.9. The molecule has 4 nitrogen and oxygen atoms in total. The molecule has 0 bridgehead atoms. The molecule has 1 heterocycles. The van der Waals surface area contributed by atoms with Crippen molar-refractivity contribution < 1.29 is 0 Å². The SMILES string of the molecule is CCNC(CC)Cc1ncnn1CC(C)C. The number of aromatic nitrogens is 3. The first-order chi connectivity index (χ1) is 7.67. The van der Waals surface area contributed by atoms with Crippen molar-refractivity contribution in [2.75, 3.05) is 6.54 Å². The van der Waals surface area contributed by atoms with Gasteiger partial charge in [-0.25, -0.2) is 9.67 Å². The average Bonchev–Trinajstić information content (AvgIpc) is 2.64. The quantitative estimate of drug-likeness (QED) is 0.769. The Bertz CT molecular complexity index is 293. The van der Waals surface area contributed by atoms with Crippen molar-refractivity contribution in [1.29, 1.82) is 0 Å². The Labute approximate surface area is 98.5 Å². The van der Waals surface area contributed by atoms with Crippen LogP contribution < -0.4 is 5.32 Å². The third kappa shape index (κ3) is 3.93. The van der Waals surface area contributed by atoms with Crippen LogP contribution in [-0.2, 0) is 13.0 Å². The van der Waals surface area contributed by atoms with E-state index in [0.717, 1.165) is 31.8 Å². The van der Waals surface area contributed by atoms with Crippen molar-refractivity contribution in [3.05, 3.63) is 12.2 Å². The van der Waals surface area contributed by atoms with E-state index < -0.39 is 0 Å². The molecule has 0 aliphatic carbocycles. The lowest BCUT2D eigenvalue weighted by atomic mass is 10.1. The molecule has 1 N–H and O–H groups in total. The van der Waals surface area contributed by atoms with Crippen molar-refractivity contribution in [2.24, 2.45) is 5.92 Å². The Morgan fingerprint density at radius 3 is 2.69 bits per heavy atom. The summed E-state index contributed by atoms with van der Waals surface area (Å²) in [6.45, 7) is 10.7. The summed E-state index contributed by atoms with van der Waals surface area (Å²) >= 11 is 0. The summed E-state index contributed by atoms with van der Waals surface area (Å²) < 4.78 is 2.03. The topological polar surface area (TPSA) is 42.7 Å². The molecule has 1 unspecified atom stereocenters. The molecular weight excluding hydrogens is 200 g/mol. The first-order valence-electron chi connectivity index (χ1n) is 6.27. The third-order valence-corrected chi connectivity index (χ3v) is 2.65. The Morgan fingerprint density at radius 2 is 2.12 bits per heavy atom. The minimum Gasteiger partial charge on any atom is -0.314 e. The summed E-state index contributed by atoms with van der Waals surface area (Å²) in [6, 6.07) is 0.514. The zero-order valence-corrected chi connectivity index (χ0v) is 10.9. The molecule has 1 aromatic rings. The van der Waals surface area contributed by atoms with Crippen molar-refractivity contribution in [1.82, 2.24) is 20.1 Å². The summed E-state index contributed by atoms with van der Waals surface area (Å²) in [4.78, 5) is 4.35. The number of hydrogen-bond acceptors (Lipinski definition) is 3. The van der Waals surface area contributed by atoms with Gasteiger partial charge in [0, 0.05) is 19.0 Å². The average molecular weight is 224 g/mol. The Morgan fingerprint density at radius 1 is 1.38 bits per heavy atom. The van der Waals surface area contributed by atoms with Crippen LogP contribution in [0.25, 0.3) is 0 Å². The van der Waals surface area contributed by atoms with E-state index in [1.165, 1.54) is 0 Å². The number of rotatable bonds is 7. The molecule has 0 amide bonds. The van der Waals surface area contributed by atoms with Crippen molar-refractivity contribution >= 4 is 0 Å². The van der Waals surface area contributed by atoms with Gasteiger partial charge < -0.3 is 5.32 Å². The maximum Gasteiger partial charge on any atom is 0.138 e. The summed E-state index contributed by atoms with van der Waals surface area (Å²) in [6.07, 6.45) is 3.76. The second-order valence-corrected chi connectivity index (χ2v) is 4.62. The van der Waals surface area contributed by atoms with Crippen LogP contribution in [0.1, 0.15) is 39.9 Å². The maximum absolute atomic E-state index is 4.35. The summed E-state index contributed by atoms with van der Waals surface area (Å²) in [5, 5.41) is 7.75. The Balaban J connectivity index is 2.61. The molecule has 0 spiro atoms. The molecule has 4 heteroatoms. The molecule has 16 heavy (non-hydrogen) atoms. The second kappa shape index (κ2) is 6.63. The highest BCUT2D eigenvalue weighted by atomic mass is 15.3. The molecule has 0 saturated carbocycles. The van der Waals surface area contributed by atoms with Gasteiger partial charge >= 0.3 is 0 Å². The lowest BCUT2D eigenvalue weighted by molar-refractivity contribution is 0.438. The van der Waals surface area contributed by atoms with E-state index in [2.05, 4.69) is 43.1 Å². The van der Waals surface area contributed by atoms with Crippen LogP contribution in [-0.4, -0.2) is 27.4 Å². The molecule has 0 radical (unpaired) electrons. The van der Waals surface area contributed by atoms with Crippen LogP contribution in [0.5, 0.6) is 0 Å². The third-order valence-electron chi connectivity index (χ3n) is 2.65. The molecular formula is C12H24N4. The smallest absolute Gasteiger partial charge is 0.138 e. The van der Waals surface area contributed by atoms with E-state index >= 15 is 0 Å². The van der Waals surface area contributed by atoms with Crippen LogP contribution in [0.3, 0.4) is 0 Å². The van der Waals surface area contributed by atoms with E-state index in [1.54, 1.807) is 6.33 Å². The van der Waals surface area contributed by atoms with Gasteiger partial charge in [-0.2, -0.15) is 5.10 Å². The van der Waals surface area contributed by atoms with Crippen LogP contribution in [0.2, 0.25) is 0 Å². The fraction of sp³-hybridized carbons (Fsp3) is 0.833. The lowest BCUT2D eigenvalue weighted by Crippen LogP contribution is -2.31. The molecule has 1 atom stereocenters. The number of likely N-dealkylation sites (N-methyl/N-ethyl adjacent to an activating group) is 1. The van der Waals surface area contributed by atoms with Crippen molar-refractivity contribution in [3.63, 3.8) is 0 Å². The highest BCUT2D eigenvalue weighted by molar-refractivity contribution is 4.89. The largest absolute Gasteiger partial charge is 0.314 e. The number of hydrogen-bond donors (Lipinski definition) is 1. The van der Waals surface area contributed by atoms with Gasteiger partial charge in [-0.15, -0.1) is 0 Å². The number of nitrogens with one attached hydrogen (secondary N) is 1. The van der Waals surface area contributed by atoms with Gasteiger partial charge in [-0.3, -0.25) is 0 Å². The van der Waals surface area contributed by atoms with E-state index in [9.17, 15) is 0 Å². The van der Waals surface area contributed by atoms with Gasteiger partial charge in [0.25, 0.3) is 0 Å². The molecule has 0 saturated heterocycles. The molecule has 0 aliphatic rings. The van der Waals surface area contributed by atoms with E-state index in [-0.39, 0.29) is 0 Å². The van der Waals surface area contributed by atoms with E-state index in [0.29, 0.717) is 12.0 Å². The van der Waals surface area contributed by atoms with Crippen molar-refractivity contribution in [2.45, 2.75) is 53.1 Å². The minimum absolute atomic E-state index is 0.514. The fourth-order valence-electron chi connectivity index (χ4n) is 1.81. The fourth-order valence-corrected chi connectivity index (χ4v) is 1.81. The van der Waals surface area contributed by atoms with Crippen LogP contribution >= 0.6 is 0 Å². The molecule has 92 valence electrons. The van der Waals surface area contributed by atoms with Gasteiger partial charge in [0.1, 0.15) is 12.2 Å². The van der Waals surface area contributed by atoms with E-state index in [1.807, 2.05) is 4.68 Å². The highest BCUT2D eigenvalue weighted by Crippen LogP contribution is 2.05. The first kappa shape index (κ1) is 13.2. The second-order valence-electron chi connectivity index (χ2n) is 4.62. The monoisotopic (exact) mass is 224 g/mol. The van der Waals surface area contributed by atoms with Gasteiger partial charge in [-0.05, 0) is 18.9 Å². The van der Waals surface area contributed by atoms with Crippen LogP contribution in [0.15, 0.2) is 6.33 Å². The Kier molecular flexibility index (Phi) is 5.46. The van der Waals surface area contributed by atoms with Gasteiger partial charge in [0.05, 0.1) is 0 Å². The predicted octanol–water partition coefficient (Wildman–Crippen LogP) is 1.86. The predicted molar refractivity (Wildman–Crippen MR) is 66.3 cm³/mol. The summed E-state index contributed by atoms with van der Waals surface area (Å²) in [5.41, 5.74) is 0. The van der Waals surface area contributed by atoms with Gasteiger partial charge in [-0.1, -0.05) is 27.7 Å². The minimum atomic E-state index is 0.514. The van der Waals surface area contributed by atoms with Crippen molar-refractivity contribution in [3.8, 4) is 0 Å².